The molecule has 9 rings (SSSR count). The Balaban J connectivity index is 1.40. The molecule has 282 valence electrons. The maximum absolute atomic E-state index is 14.2. The number of halogens is 2. The van der Waals surface area contributed by atoms with Gasteiger partial charge in [0.1, 0.15) is 34.2 Å². The highest BCUT2D eigenvalue weighted by Gasteiger charge is 2.58. The summed E-state index contributed by atoms with van der Waals surface area (Å²) in [6.45, 7) is 7.39. The van der Waals surface area contributed by atoms with Gasteiger partial charge in [-0.1, -0.05) is 93.4 Å². The summed E-state index contributed by atoms with van der Waals surface area (Å²) in [5, 5.41) is 31.2. The van der Waals surface area contributed by atoms with Crippen molar-refractivity contribution < 1.29 is 33.4 Å². The Morgan fingerprint density at radius 1 is 1.04 bits per heavy atom. The lowest BCUT2D eigenvalue weighted by atomic mass is 9.70. The van der Waals surface area contributed by atoms with Crippen LogP contribution in [0.2, 0.25) is 10.3 Å². The van der Waals surface area contributed by atoms with Crippen molar-refractivity contribution in [2.75, 3.05) is 0 Å². The first-order valence-electron chi connectivity index (χ1n) is 17.9. The van der Waals surface area contributed by atoms with Gasteiger partial charge in [-0.25, -0.2) is 4.98 Å². The van der Waals surface area contributed by atoms with Gasteiger partial charge in [0.25, 0.3) is 5.89 Å². The summed E-state index contributed by atoms with van der Waals surface area (Å²) in [6.07, 6.45) is -1.70. The Bertz CT molecular complexity index is 2580. The first kappa shape index (κ1) is 35.4. The summed E-state index contributed by atoms with van der Waals surface area (Å²) in [5.74, 6) is -1.24. The zero-order valence-corrected chi connectivity index (χ0v) is 31.5. The van der Waals surface area contributed by atoms with E-state index in [0.717, 1.165) is 0 Å². The lowest BCUT2D eigenvalue weighted by Gasteiger charge is -2.32. The van der Waals surface area contributed by atoms with Gasteiger partial charge in [0.15, 0.2) is 22.4 Å². The average molecular weight is 784 g/mol. The minimum atomic E-state index is -1.80. The van der Waals surface area contributed by atoms with Crippen LogP contribution in [0.3, 0.4) is 0 Å². The number of para-hydroxylation sites is 1. The number of nitrogens with one attached hydrogen (secondary N) is 3. The largest absolute Gasteiger partial charge is 0.508 e. The smallest absolute Gasteiger partial charge is 0.250 e. The van der Waals surface area contributed by atoms with Crippen molar-refractivity contribution in [3.63, 3.8) is 0 Å². The van der Waals surface area contributed by atoms with E-state index in [2.05, 4.69) is 20.6 Å². The standard InChI is InChI=1S/C40H36Cl2N6O7/c1-15(2)27(43)36(51)45-23-14-17-11-12-24(49)21(13-17)40-20-9-5-8-19(30(20)54-39(40)52)18-7-6-10-22-25(18)26(33(41)44-22)31-34(42)48-38(53-31)29-32(40)55-37(47-29)28(16(3)4)46-35(23)50/h5-13,15-16,23,27-28,39,44,49,52H,14,43H2,1-4H3,(H,45,51)(H,46,50)/t23-,27?,28-,39?,40-/m0/s1. The van der Waals surface area contributed by atoms with Crippen LogP contribution >= 0.6 is 23.2 Å². The number of oxazole rings is 2. The lowest BCUT2D eigenvalue weighted by Crippen LogP contribution is -2.54. The molecule has 1 spiro atoms. The third-order valence-electron chi connectivity index (χ3n) is 10.9. The van der Waals surface area contributed by atoms with Gasteiger partial charge in [-0.15, -0.1) is 0 Å². The third kappa shape index (κ3) is 5.13. The van der Waals surface area contributed by atoms with Crippen molar-refractivity contribution in [2.45, 2.75) is 63.9 Å². The number of phenolic OH excluding ortho intramolecular Hbond substituents is 1. The number of phenols is 1. The molecular formula is C40H36Cl2N6O7. The Kier molecular flexibility index (Phi) is 8.10. The average Bonchev–Trinajstić information content (AvgIpc) is 3.90. The number of aliphatic hydroxyl groups is 1. The van der Waals surface area contributed by atoms with E-state index < -0.39 is 41.6 Å². The third-order valence-corrected chi connectivity index (χ3v) is 11.5. The predicted molar refractivity (Wildman–Crippen MR) is 204 cm³/mol. The number of ether oxygens (including phenoxy) is 1. The second-order valence-electron chi connectivity index (χ2n) is 15.0. The second-order valence-corrected chi connectivity index (χ2v) is 15.7. The number of aromatic hydroxyl groups is 1. The van der Waals surface area contributed by atoms with Crippen molar-refractivity contribution in [3.05, 3.63) is 93.2 Å². The number of carbonyl (C=O) groups excluding carboxylic acids is 2. The summed E-state index contributed by atoms with van der Waals surface area (Å²) in [5.41, 5.74) is 8.06. The van der Waals surface area contributed by atoms with Crippen LogP contribution < -0.4 is 21.1 Å². The normalized spacial score (nSPS) is 21.6. The van der Waals surface area contributed by atoms with E-state index in [1.54, 1.807) is 18.2 Å². The second kappa shape index (κ2) is 12.6. The molecule has 55 heavy (non-hydrogen) atoms. The molecule has 0 radical (unpaired) electrons. The highest BCUT2D eigenvalue weighted by atomic mass is 35.5. The molecule has 3 aromatic carbocycles. The minimum Gasteiger partial charge on any atom is -0.508 e. The first-order chi connectivity index (χ1) is 26.3. The summed E-state index contributed by atoms with van der Waals surface area (Å²) in [4.78, 5) is 40.3. The fraction of sp³-hybridized carbons (Fsp3) is 0.300. The number of aliphatic hydroxyl groups excluding tert-OH is 1. The van der Waals surface area contributed by atoms with Crippen LogP contribution in [-0.4, -0.2) is 55.4 Å². The van der Waals surface area contributed by atoms with Gasteiger partial charge in [-0.2, -0.15) is 4.98 Å². The van der Waals surface area contributed by atoms with Crippen molar-refractivity contribution in [1.82, 2.24) is 25.6 Å². The SMILES string of the molecule is CC(C)C(N)C(=O)N[C@H]1Cc2ccc(O)c(c2)[C@]23c4cccc(c4OC2O)-c2cccc4[nH]c(Cl)c(c24)-c2oc(nc2Cl)-c2nc(oc23)[C@H](C(C)C)NC1=O. The Morgan fingerprint density at radius 2 is 1.80 bits per heavy atom. The number of amides is 2. The highest BCUT2D eigenvalue weighted by molar-refractivity contribution is 6.37. The van der Waals surface area contributed by atoms with E-state index in [0.29, 0.717) is 44.5 Å². The molecule has 2 amide bonds. The predicted octanol–water partition coefficient (Wildman–Crippen LogP) is 6.35. The van der Waals surface area contributed by atoms with Crippen molar-refractivity contribution in [3.8, 4) is 45.5 Å². The van der Waals surface area contributed by atoms with Gasteiger partial charge in [-0.05, 0) is 35.1 Å². The molecule has 0 aliphatic carbocycles. The molecule has 0 fully saturated rings. The fourth-order valence-electron chi connectivity index (χ4n) is 8.06. The molecule has 7 N–H and O–H groups in total. The summed E-state index contributed by atoms with van der Waals surface area (Å²) < 4.78 is 19.8. The molecule has 6 heterocycles. The number of hydrogen-bond acceptors (Lipinski definition) is 10. The first-order valence-corrected chi connectivity index (χ1v) is 18.7. The Hall–Kier alpha value is -5.34. The van der Waals surface area contributed by atoms with Crippen LogP contribution in [0.5, 0.6) is 11.5 Å². The molecule has 2 unspecified atom stereocenters. The van der Waals surface area contributed by atoms with Gasteiger partial charge >= 0.3 is 0 Å². The van der Waals surface area contributed by atoms with Crippen LogP contribution in [0.4, 0.5) is 0 Å². The van der Waals surface area contributed by atoms with Crippen LogP contribution in [0.15, 0.2) is 63.4 Å². The Labute approximate surface area is 324 Å². The molecule has 3 aromatic heterocycles. The zero-order chi connectivity index (χ0) is 38.7. The summed E-state index contributed by atoms with van der Waals surface area (Å²) in [6, 6.07) is 13.1. The molecule has 10 bridgehead atoms. The van der Waals surface area contributed by atoms with E-state index in [1.165, 1.54) is 6.07 Å². The van der Waals surface area contributed by atoms with E-state index in [4.69, 9.17) is 47.5 Å². The zero-order valence-electron chi connectivity index (χ0n) is 30.0. The topological polar surface area (TPSA) is 202 Å². The van der Waals surface area contributed by atoms with E-state index in [-0.39, 0.29) is 68.9 Å². The number of hydrogen-bond donors (Lipinski definition) is 6. The van der Waals surface area contributed by atoms with Gasteiger partial charge in [0, 0.05) is 34.0 Å². The van der Waals surface area contributed by atoms with Crippen LogP contribution in [0.25, 0.3) is 44.9 Å². The molecule has 15 heteroatoms. The number of H-pyrrole nitrogens is 1. The van der Waals surface area contributed by atoms with Gasteiger partial charge < -0.3 is 45.1 Å². The maximum Gasteiger partial charge on any atom is 0.250 e. The molecule has 6 aromatic rings. The summed E-state index contributed by atoms with van der Waals surface area (Å²) in [7, 11) is 0. The van der Waals surface area contributed by atoms with Crippen molar-refractivity contribution in [2.24, 2.45) is 17.6 Å². The number of fused-ring (bicyclic) bond motifs is 8. The van der Waals surface area contributed by atoms with Crippen LogP contribution in [0.1, 0.15) is 62.1 Å². The number of nitrogens with zero attached hydrogens (tertiary/aromatic N) is 2. The van der Waals surface area contributed by atoms with Crippen LogP contribution in [-0.2, 0) is 21.4 Å². The molecule has 5 atom stereocenters. The lowest BCUT2D eigenvalue weighted by molar-refractivity contribution is -0.130. The number of aromatic nitrogens is 3. The van der Waals surface area contributed by atoms with Crippen LogP contribution in [0, 0.1) is 11.8 Å². The van der Waals surface area contributed by atoms with Gasteiger partial charge in [0.05, 0.1) is 11.6 Å². The van der Waals surface area contributed by atoms with E-state index in [1.807, 2.05) is 58.0 Å². The van der Waals surface area contributed by atoms with Gasteiger partial charge in [0.2, 0.25) is 24.0 Å². The number of nitrogens with two attached hydrogens (primary N) is 1. The quantitative estimate of drug-likeness (QED) is 0.117. The molecule has 13 nitrogen and oxygen atoms in total. The van der Waals surface area contributed by atoms with E-state index in [9.17, 15) is 19.8 Å². The highest BCUT2D eigenvalue weighted by Crippen LogP contribution is 2.59. The number of rotatable bonds is 4. The van der Waals surface area contributed by atoms with Crippen molar-refractivity contribution in [1.29, 1.82) is 0 Å². The molecule has 0 saturated heterocycles. The fourth-order valence-corrected chi connectivity index (χ4v) is 8.55. The molecule has 0 saturated carbocycles. The molecule has 3 aliphatic heterocycles. The van der Waals surface area contributed by atoms with E-state index >= 15 is 0 Å². The molecule has 3 aliphatic rings. The number of carbonyl (C=O) groups is 2. The monoisotopic (exact) mass is 782 g/mol. The summed E-state index contributed by atoms with van der Waals surface area (Å²) >= 11 is 13.8. The maximum atomic E-state index is 14.2. The molecular weight excluding hydrogens is 747 g/mol. The van der Waals surface area contributed by atoms with Gasteiger partial charge in [-0.3, -0.25) is 9.59 Å². The minimum absolute atomic E-state index is 0.0107. The number of aromatic amines is 1. The number of benzene rings is 3. The van der Waals surface area contributed by atoms with Crippen molar-refractivity contribution >= 4 is 45.9 Å². The Morgan fingerprint density at radius 3 is 2.56 bits per heavy atom.